The van der Waals surface area contributed by atoms with E-state index in [-0.39, 0.29) is 5.91 Å². The summed E-state index contributed by atoms with van der Waals surface area (Å²) in [7, 11) is 1.57. The van der Waals surface area contributed by atoms with Crippen LogP contribution in [0.15, 0.2) is 64.1 Å². The van der Waals surface area contributed by atoms with Crippen LogP contribution in [0, 0.1) is 0 Å². The highest BCUT2D eigenvalue weighted by Crippen LogP contribution is 2.38. The maximum atomic E-state index is 12.6. The van der Waals surface area contributed by atoms with Gasteiger partial charge in [-0.05, 0) is 36.4 Å². The molecule has 0 bridgehead atoms. The predicted molar refractivity (Wildman–Crippen MR) is 96.5 cm³/mol. The number of ether oxygens (including phenoxy) is 1. The first-order valence-electron chi connectivity index (χ1n) is 6.82. The number of amides is 1. The van der Waals surface area contributed by atoms with Crippen molar-refractivity contribution in [1.82, 2.24) is 0 Å². The summed E-state index contributed by atoms with van der Waals surface area (Å²) in [6.07, 6.45) is 6.89. The van der Waals surface area contributed by atoms with Crippen molar-refractivity contribution in [2.45, 2.75) is 0 Å². The number of carbonyl (C=O) groups excluding carboxylic acids is 1. The van der Waals surface area contributed by atoms with Gasteiger partial charge in [0.25, 0.3) is 5.91 Å². The van der Waals surface area contributed by atoms with E-state index < -0.39 is 0 Å². The molecule has 2 aromatic rings. The third kappa shape index (κ3) is 3.23. The van der Waals surface area contributed by atoms with Gasteiger partial charge in [0, 0.05) is 0 Å². The molecule has 1 saturated heterocycles. The number of para-hydroxylation sites is 2. The SMILES string of the molecule is COc1ccccc1N1C(=O)/C(=C/C=C/c2ccco2)SC1=S. The van der Waals surface area contributed by atoms with Gasteiger partial charge in [-0.2, -0.15) is 0 Å². The number of carbonyl (C=O) groups is 1. The molecule has 1 aliphatic rings. The smallest absolute Gasteiger partial charge is 0.270 e. The van der Waals surface area contributed by atoms with E-state index >= 15 is 0 Å². The summed E-state index contributed by atoms with van der Waals surface area (Å²) in [4.78, 5) is 14.7. The Morgan fingerprint density at radius 3 is 2.83 bits per heavy atom. The molecule has 1 aromatic heterocycles. The van der Waals surface area contributed by atoms with Gasteiger partial charge in [0.15, 0.2) is 4.32 Å². The molecule has 0 radical (unpaired) electrons. The minimum absolute atomic E-state index is 0.159. The molecule has 0 saturated carbocycles. The molecule has 0 aliphatic carbocycles. The second-order valence-corrected chi connectivity index (χ2v) is 6.26. The van der Waals surface area contributed by atoms with E-state index in [9.17, 15) is 4.79 Å². The predicted octanol–water partition coefficient (Wildman–Crippen LogP) is 4.25. The zero-order chi connectivity index (χ0) is 16.2. The van der Waals surface area contributed by atoms with Crippen LogP contribution in [0.5, 0.6) is 5.75 Å². The maximum absolute atomic E-state index is 12.6. The van der Waals surface area contributed by atoms with Gasteiger partial charge in [-0.3, -0.25) is 9.69 Å². The first kappa shape index (κ1) is 15.6. The Kier molecular flexibility index (Phi) is 4.64. The molecule has 0 atom stereocenters. The Morgan fingerprint density at radius 2 is 2.09 bits per heavy atom. The molecular weight excluding hydrogens is 330 g/mol. The third-order valence-corrected chi connectivity index (χ3v) is 4.49. The van der Waals surface area contributed by atoms with E-state index in [0.29, 0.717) is 20.7 Å². The number of hydrogen-bond acceptors (Lipinski definition) is 5. The number of rotatable bonds is 4. The van der Waals surface area contributed by atoms with Crippen LogP contribution in [0.4, 0.5) is 5.69 Å². The van der Waals surface area contributed by atoms with E-state index in [1.54, 1.807) is 43.7 Å². The van der Waals surface area contributed by atoms with Crippen LogP contribution in [0.3, 0.4) is 0 Å². The number of nitrogens with zero attached hydrogens (tertiary/aromatic N) is 1. The molecule has 1 aromatic carbocycles. The Balaban J connectivity index is 1.85. The number of methoxy groups -OCH3 is 1. The van der Waals surface area contributed by atoms with Crippen LogP contribution in [0.2, 0.25) is 0 Å². The number of hydrogen-bond donors (Lipinski definition) is 0. The van der Waals surface area contributed by atoms with Crippen molar-refractivity contribution >= 4 is 46.0 Å². The van der Waals surface area contributed by atoms with Gasteiger partial charge >= 0.3 is 0 Å². The fourth-order valence-corrected chi connectivity index (χ4v) is 3.36. The summed E-state index contributed by atoms with van der Waals surface area (Å²) in [5.41, 5.74) is 0.649. The second kappa shape index (κ2) is 6.85. The number of benzene rings is 1. The quantitative estimate of drug-likeness (QED) is 0.613. The minimum Gasteiger partial charge on any atom is -0.495 e. The number of allylic oxidation sites excluding steroid dienone is 2. The third-order valence-electron chi connectivity index (χ3n) is 3.17. The van der Waals surface area contributed by atoms with E-state index in [0.717, 1.165) is 5.76 Å². The lowest BCUT2D eigenvalue weighted by molar-refractivity contribution is -0.113. The van der Waals surface area contributed by atoms with Gasteiger partial charge in [-0.25, -0.2) is 0 Å². The number of furan rings is 1. The summed E-state index contributed by atoms with van der Waals surface area (Å²) in [5, 5.41) is 0. The van der Waals surface area contributed by atoms with Crippen molar-refractivity contribution in [3.8, 4) is 5.75 Å². The number of anilines is 1. The van der Waals surface area contributed by atoms with Crippen molar-refractivity contribution in [1.29, 1.82) is 0 Å². The lowest BCUT2D eigenvalue weighted by Crippen LogP contribution is -2.27. The largest absolute Gasteiger partial charge is 0.495 e. The first-order chi connectivity index (χ1) is 11.2. The van der Waals surface area contributed by atoms with Crippen molar-refractivity contribution in [3.05, 3.63) is 65.5 Å². The molecule has 23 heavy (non-hydrogen) atoms. The first-order valence-corrected chi connectivity index (χ1v) is 8.04. The average molecular weight is 343 g/mol. The zero-order valence-corrected chi connectivity index (χ0v) is 13.9. The molecule has 116 valence electrons. The van der Waals surface area contributed by atoms with Gasteiger partial charge in [-0.15, -0.1) is 0 Å². The highest BCUT2D eigenvalue weighted by Gasteiger charge is 2.34. The molecule has 6 heteroatoms. The Morgan fingerprint density at radius 1 is 1.26 bits per heavy atom. The lowest BCUT2D eigenvalue weighted by Gasteiger charge is -2.17. The summed E-state index contributed by atoms with van der Waals surface area (Å²) < 4.78 is 11.0. The van der Waals surface area contributed by atoms with Crippen LogP contribution in [-0.4, -0.2) is 17.3 Å². The van der Waals surface area contributed by atoms with E-state index in [2.05, 4.69) is 0 Å². The summed E-state index contributed by atoms with van der Waals surface area (Å²) in [6.45, 7) is 0. The van der Waals surface area contributed by atoms with E-state index in [4.69, 9.17) is 21.4 Å². The molecule has 1 fully saturated rings. The summed E-state index contributed by atoms with van der Waals surface area (Å²) >= 11 is 6.61. The van der Waals surface area contributed by atoms with Crippen molar-refractivity contribution in [2.24, 2.45) is 0 Å². The molecule has 0 unspecified atom stereocenters. The molecule has 0 spiro atoms. The molecule has 3 rings (SSSR count). The number of thioether (sulfide) groups is 1. The van der Waals surface area contributed by atoms with Gasteiger partial charge in [0.2, 0.25) is 0 Å². The number of thiocarbonyl (C=S) groups is 1. The zero-order valence-electron chi connectivity index (χ0n) is 12.3. The van der Waals surface area contributed by atoms with Crippen molar-refractivity contribution in [2.75, 3.05) is 12.0 Å². The molecular formula is C17H13NO3S2. The molecule has 1 amide bonds. The van der Waals surface area contributed by atoms with Gasteiger partial charge in [-0.1, -0.05) is 42.2 Å². The topological polar surface area (TPSA) is 42.7 Å². The fourth-order valence-electron chi connectivity index (χ4n) is 2.12. The standard InChI is InChI=1S/C17H13NO3S2/c1-20-14-9-3-2-8-13(14)18-16(19)15(23-17(18)22)10-4-6-12-7-5-11-21-12/h2-11H,1H3/b6-4+,15-10-. The average Bonchev–Trinajstić information content (AvgIpc) is 3.16. The van der Waals surface area contributed by atoms with Crippen LogP contribution in [-0.2, 0) is 4.79 Å². The second-order valence-electron chi connectivity index (χ2n) is 4.59. The van der Waals surface area contributed by atoms with Crippen LogP contribution < -0.4 is 9.64 Å². The van der Waals surface area contributed by atoms with Crippen LogP contribution in [0.1, 0.15) is 5.76 Å². The normalized spacial score (nSPS) is 16.7. The van der Waals surface area contributed by atoms with Gasteiger partial charge in [0.05, 0.1) is 24.0 Å². The lowest BCUT2D eigenvalue weighted by atomic mass is 10.2. The highest BCUT2D eigenvalue weighted by atomic mass is 32.2. The highest BCUT2D eigenvalue weighted by molar-refractivity contribution is 8.27. The summed E-state index contributed by atoms with van der Waals surface area (Å²) in [6, 6.07) is 10.9. The monoisotopic (exact) mass is 343 g/mol. The Bertz CT molecular complexity index is 794. The summed E-state index contributed by atoms with van der Waals surface area (Å²) in [5.74, 6) is 1.17. The minimum atomic E-state index is -0.159. The Hall–Kier alpha value is -2.31. The molecule has 1 aliphatic heterocycles. The van der Waals surface area contributed by atoms with Gasteiger partial charge < -0.3 is 9.15 Å². The van der Waals surface area contributed by atoms with Crippen molar-refractivity contribution < 1.29 is 13.9 Å². The van der Waals surface area contributed by atoms with Crippen molar-refractivity contribution in [3.63, 3.8) is 0 Å². The van der Waals surface area contributed by atoms with Gasteiger partial charge in [0.1, 0.15) is 11.5 Å². The van der Waals surface area contributed by atoms with E-state index in [1.165, 1.54) is 16.7 Å². The maximum Gasteiger partial charge on any atom is 0.270 e. The molecule has 4 nitrogen and oxygen atoms in total. The van der Waals surface area contributed by atoms with Crippen LogP contribution in [0.25, 0.3) is 6.08 Å². The molecule has 2 heterocycles. The fraction of sp³-hybridized carbons (Fsp3) is 0.0588. The Labute approximate surface area is 143 Å². The molecule has 0 N–H and O–H groups in total. The van der Waals surface area contributed by atoms with Crippen LogP contribution >= 0.6 is 24.0 Å². The van der Waals surface area contributed by atoms with E-state index in [1.807, 2.05) is 24.3 Å².